The summed E-state index contributed by atoms with van der Waals surface area (Å²) in [6, 6.07) is 0. The molecule has 0 atom stereocenters. The summed E-state index contributed by atoms with van der Waals surface area (Å²) in [4.78, 5) is 27.1. The van der Waals surface area contributed by atoms with E-state index in [1.54, 1.807) is 13.8 Å². The lowest BCUT2D eigenvalue weighted by molar-refractivity contribution is -0.215. The average Bonchev–Trinajstić information content (AvgIpc) is 1.82. The van der Waals surface area contributed by atoms with Crippen LogP contribution in [0.5, 0.6) is 0 Å². The summed E-state index contributed by atoms with van der Waals surface area (Å²) in [5.74, 6) is 0. The van der Waals surface area contributed by atoms with Crippen LogP contribution >= 0.6 is 0 Å². The highest BCUT2D eigenvalue weighted by Gasteiger charge is 2.10. The van der Waals surface area contributed by atoms with Crippen LogP contribution in [0.2, 0.25) is 0 Å². The molecule has 6 nitrogen and oxygen atoms in total. The fourth-order valence-corrected chi connectivity index (χ4v) is 0.282. The van der Waals surface area contributed by atoms with Gasteiger partial charge < -0.3 is 9.84 Å². The molecule has 0 fully saturated rings. The third-order valence-corrected chi connectivity index (χ3v) is 0.513. The van der Waals surface area contributed by atoms with Crippen LogP contribution in [0.15, 0.2) is 0 Å². The zero-order valence-electron chi connectivity index (χ0n) is 6.07. The Hall–Kier alpha value is -1.46. The SMILES string of the molecule is CC(C)OC(=O)OOC(=O)O. The van der Waals surface area contributed by atoms with Crippen LogP contribution < -0.4 is 0 Å². The van der Waals surface area contributed by atoms with Gasteiger partial charge >= 0.3 is 12.3 Å². The summed E-state index contributed by atoms with van der Waals surface area (Å²) in [7, 11) is 0. The van der Waals surface area contributed by atoms with Crippen molar-refractivity contribution in [2.75, 3.05) is 0 Å². The highest BCUT2D eigenvalue weighted by atomic mass is 17.3. The molecule has 0 saturated heterocycles. The third-order valence-electron chi connectivity index (χ3n) is 0.513. The molecule has 0 spiro atoms. The van der Waals surface area contributed by atoms with Crippen molar-refractivity contribution in [2.24, 2.45) is 0 Å². The minimum atomic E-state index is -1.70. The van der Waals surface area contributed by atoms with Crippen molar-refractivity contribution in [3.63, 3.8) is 0 Å². The summed E-state index contributed by atoms with van der Waals surface area (Å²) in [6.45, 7) is 3.17. The van der Waals surface area contributed by atoms with E-state index < -0.39 is 12.3 Å². The third kappa shape index (κ3) is 6.42. The summed E-state index contributed by atoms with van der Waals surface area (Å²) >= 11 is 0. The first-order valence-electron chi connectivity index (χ1n) is 2.80. The van der Waals surface area contributed by atoms with Crippen LogP contribution in [0, 0.1) is 0 Å². The fourth-order valence-electron chi connectivity index (χ4n) is 0.282. The fraction of sp³-hybridized carbons (Fsp3) is 0.600. The zero-order chi connectivity index (χ0) is 8.85. The molecule has 0 aromatic heterocycles. The Balaban J connectivity index is 3.45. The molecule has 6 heteroatoms. The predicted molar refractivity (Wildman–Crippen MR) is 31.8 cm³/mol. The van der Waals surface area contributed by atoms with Crippen molar-refractivity contribution in [1.29, 1.82) is 0 Å². The van der Waals surface area contributed by atoms with E-state index in [0.717, 1.165) is 0 Å². The van der Waals surface area contributed by atoms with Gasteiger partial charge in [-0.1, -0.05) is 0 Å². The second-order valence-corrected chi connectivity index (χ2v) is 1.85. The van der Waals surface area contributed by atoms with Gasteiger partial charge in [-0.3, -0.25) is 0 Å². The Bertz CT molecular complexity index is 151. The lowest BCUT2D eigenvalue weighted by Gasteiger charge is -2.04. The molecule has 0 saturated carbocycles. The van der Waals surface area contributed by atoms with E-state index in [9.17, 15) is 9.59 Å². The molecule has 0 bridgehead atoms. The molecule has 0 aliphatic rings. The number of carbonyl (C=O) groups excluding carboxylic acids is 1. The minimum Gasteiger partial charge on any atom is -0.447 e. The van der Waals surface area contributed by atoms with Gasteiger partial charge in [0.25, 0.3) is 0 Å². The van der Waals surface area contributed by atoms with Crippen molar-refractivity contribution in [1.82, 2.24) is 0 Å². The molecule has 0 unspecified atom stereocenters. The molecule has 0 aromatic carbocycles. The van der Waals surface area contributed by atoms with Crippen LogP contribution in [-0.4, -0.2) is 23.5 Å². The van der Waals surface area contributed by atoms with E-state index in [1.165, 1.54) is 0 Å². The Labute approximate surface area is 62.6 Å². The molecule has 0 radical (unpaired) electrons. The van der Waals surface area contributed by atoms with Gasteiger partial charge in [0.15, 0.2) is 0 Å². The molecular formula is C5H8O6. The van der Waals surface area contributed by atoms with E-state index in [-0.39, 0.29) is 6.10 Å². The largest absolute Gasteiger partial charge is 0.550 e. The Morgan fingerprint density at radius 2 is 1.82 bits per heavy atom. The van der Waals surface area contributed by atoms with Crippen LogP contribution in [0.25, 0.3) is 0 Å². The predicted octanol–water partition coefficient (Wildman–Crippen LogP) is 1.16. The first-order valence-corrected chi connectivity index (χ1v) is 2.80. The van der Waals surface area contributed by atoms with Gasteiger partial charge in [-0.2, -0.15) is 9.68 Å². The van der Waals surface area contributed by atoms with Crippen molar-refractivity contribution in [3.8, 4) is 0 Å². The highest BCUT2D eigenvalue weighted by molar-refractivity contribution is 5.62. The van der Waals surface area contributed by atoms with E-state index >= 15 is 0 Å². The van der Waals surface area contributed by atoms with E-state index in [1.807, 2.05) is 0 Å². The maximum atomic E-state index is 10.3. The monoisotopic (exact) mass is 164 g/mol. The topological polar surface area (TPSA) is 82.1 Å². The maximum Gasteiger partial charge on any atom is 0.550 e. The normalized spacial score (nSPS) is 9.00. The van der Waals surface area contributed by atoms with Crippen molar-refractivity contribution in [3.05, 3.63) is 0 Å². The van der Waals surface area contributed by atoms with Crippen LogP contribution in [0.3, 0.4) is 0 Å². The molecule has 0 aliphatic heterocycles. The van der Waals surface area contributed by atoms with Crippen LogP contribution in [-0.2, 0) is 14.5 Å². The number of hydrogen-bond acceptors (Lipinski definition) is 5. The van der Waals surface area contributed by atoms with E-state index in [2.05, 4.69) is 14.5 Å². The molecule has 0 heterocycles. The molecule has 11 heavy (non-hydrogen) atoms. The van der Waals surface area contributed by atoms with Gasteiger partial charge in [0.1, 0.15) is 0 Å². The van der Waals surface area contributed by atoms with Gasteiger partial charge in [-0.05, 0) is 13.8 Å². The summed E-state index contributed by atoms with van der Waals surface area (Å²) in [5.41, 5.74) is 0. The van der Waals surface area contributed by atoms with Crippen molar-refractivity contribution >= 4 is 12.3 Å². The summed E-state index contributed by atoms with van der Waals surface area (Å²) in [5, 5.41) is 7.84. The molecule has 0 amide bonds. The Morgan fingerprint density at radius 3 is 2.18 bits per heavy atom. The molecule has 0 aromatic rings. The van der Waals surface area contributed by atoms with Gasteiger partial charge in [0.05, 0.1) is 6.10 Å². The second kappa shape index (κ2) is 4.37. The molecule has 0 rings (SSSR count). The standard InChI is InChI=1S/C5H8O6/c1-3(2)9-5(8)11-10-4(6)7/h3H,1-2H3,(H,6,7). The number of rotatable bonds is 1. The van der Waals surface area contributed by atoms with E-state index in [0.29, 0.717) is 0 Å². The Morgan fingerprint density at radius 1 is 1.27 bits per heavy atom. The van der Waals surface area contributed by atoms with Gasteiger partial charge in [-0.25, -0.2) is 9.68 Å². The van der Waals surface area contributed by atoms with Crippen molar-refractivity contribution < 1.29 is 29.2 Å². The lowest BCUT2D eigenvalue weighted by atomic mass is 10.5. The average molecular weight is 164 g/mol. The molecule has 64 valence electrons. The van der Waals surface area contributed by atoms with Gasteiger partial charge in [0, 0.05) is 0 Å². The number of hydrogen-bond donors (Lipinski definition) is 1. The maximum absolute atomic E-state index is 10.3. The van der Waals surface area contributed by atoms with Gasteiger partial charge in [0.2, 0.25) is 0 Å². The number of carbonyl (C=O) groups is 2. The smallest absolute Gasteiger partial charge is 0.447 e. The van der Waals surface area contributed by atoms with Crippen molar-refractivity contribution in [2.45, 2.75) is 20.0 Å². The number of ether oxygens (including phenoxy) is 1. The van der Waals surface area contributed by atoms with Crippen LogP contribution in [0.4, 0.5) is 9.59 Å². The highest BCUT2D eigenvalue weighted by Crippen LogP contribution is 1.93. The lowest BCUT2D eigenvalue weighted by Crippen LogP contribution is -2.15. The second-order valence-electron chi connectivity index (χ2n) is 1.85. The zero-order valence-corrected chi connectivity index (χ0v) is 6.07. The van der Waals surface area contributed by atoms with Crippen LogP contribution in [0.1, 0.15) is 13.8 Å². The first kappa shape index (κ1) is 9.54. The quantitative estimate of drug-likeness (QED) is 0.355. The minimum absolute atomic E-state index is 0.375. The molecular weight excluding hydrogens is 156 g/mol. The number of carboxylic acid groups (broad SMARTS) is 1. The summed E-state index contributed by atoms with van der Waals surface area (Å²) in [6.07, 6.45) is -3.26. The molecule has 1 N–H and O–H groups in total. The summed E-state index contributed by atoms with van der Waals surface area (Å²) < 4.78 is 4.35. The Kier molecular flexibility index (Phi) is 3.79. The molecule has 0 aliphatic carbocycles. The first-order chi connectivity index (χ1) is 5.02. The van der Waals surface area contributed by atoms with E-state index in [4.69, 9.17) is 5.11 Å². The van der Waals surface area contributed by atoms with Gasteiger partial charge in [-0.15, -0.1) is 0 Å².